The molecule has 0 radical (unpaired) electrons. The molecule has 0 aliphatic heterocycles. The predicted molar refractivity (Wildman–Crippen MR) is 46.8 cm³/mol. The molecule has 4 nitrogen and oxygen atoms in total. The molecule has 1 heterocycles. The second kappa shape index (κ2) is 4.98. The van der Waals surface area contributed by atoms with Crippen LogP contribution in [-0.2, 0) is 4.74 Å². The van der Waals surface area contributed by atoms with E-state index in [0.717, 1.165) is 6.20 Å². The molecule has 0 spiro atoms. The standard InChI is InChI=1S/C9H7F4NO3/c1-2-16-8(15)5-3-6(7(10)14-4-5)17-9(11,12)13/h3-4H,2H2,1H3. The summed E-state index contributed by atoms with van der Waals surface area (Å²) < 4.78 is 56.3. The van der Waals surface area contributed by atoms with Gasteiger partial charge >= 0.3 is 12.3 Å². The zero-order chi connectivity index (χ0) is 13.1. The van der Waals surface area contributed by atoms with Crippen LogP contribution in [0.1, 0.15) is 17.3 Å². The minimum absolute atomic E-state index is 0.0334. The molecule has 0 N–H and O–H groups in total. The van der Waals surface area contributed by atoms with E-state index in [0.29, 0.717) is 6.07 Å². The van der Waals surface area contributed by atoms with Crippen molar-refractivity contribution in [3.05, 3.63) is 23.8 Å². The van der Waals surface area contributed by atoms with Crippen molar-refractivity contribution in [2.45, 2.75) is 13.3 Å². The number of halogens is 4. The number of carbonyl (C=O) groups excluding carboxylic acids is 1. The fourth-order valence-corrected chi connectivity index (χ4v) is 0.950. The maximum Gasteiger partial charge on any atom is 0.573 e. The van der Waals surface area contributed by atoms with Crippen LogP contribution in [0.15, 0.2) is 12.3 Å². The molecule has 17 heavy (non-hydrogen) atoms. The summed E-state index contributed by atoms with van der Waals surface area (Å²) in [5.41, 5.74) is -0.326. The van der Waals surface area contributed by atoms with E-state index in [1.54, 1.807) is 0 Å². The van der Waals surface area contributed by atoms with Gasteiger partial charge in [0.1, 0.15) is 0 Å². The van der Waals surface area contributed by atoms with Crippen LogP contribution in [0.2, 0.25) is 0 Å². The number of ether oxygens (including phenoxy) is 2. The molecule has 94 valence electrons. The van der Waals surface area contributed by atoms with Gasteiger partial charge in [0.15, 0.2) is 5.75 Å². The largest absolute Gasteiger partial charge is 0.573 e. The zero-order valence-corrected chi connectivity index (χ0v) is 8.55. The van der Waals surface area contributed by atoms with E-state index in [4.69, 9.17) is 0 Å². The normalized spacial score (nSPS) is 11.1. The van der Waals surface area contributed by atoms with Crippen LogP contribution in [0.3, 0.4) is 0 Å². The summed E-state index contributed by atoms with van der Waals surface area (Å²) >= 11 is 0. The average Bonchev–Trinajstić information content (AvgIpc) is 2.19. The average molecular weight is 253 g/mol. The molecule has 1 aromatic heterocycles. The van der Waals surface area contributed by atoms with Crippen molar-refractivity contribution in [3.8, 4) is 5.75 Å². The van der Waals surface area contributed by atoms with Gasteiger partial charge in [-0.1, -0.05) is 0 Å². The highest BCUT2D eigenvalue weighted by molar-refractivity contribution is 5.89. The second-order valence-corrected chi connectivity index (χ2v) is 2.78. The van der Waals surface area contributed by atoms with Gasteiger partial charge in [-0.25, -0.2) is 9.78 Å². The van der Waals surface area contributed by atoms with Crippen molar-refractivity contribution < 1.29 is 31.8 Å². The number of pyridine rings is 1. The molecule has 0 aliphatic carbocycles. The molecule has 1 rings (SSSR count). The molecular formula is C9H7F4NO3. The lowest BCUT2D eigenvalue weighted by Gasteiger charge is -2.09. The van der Waals surface area contributed by atoms with E-state index >= 15 is 0 Å². The van der Waals surface area contributed by atoms with Gasteiger partial charge in [-0.05, 0) is 6.92 Å². The Labute approximate surface area is 93.2 Å². The molecule has 0 unspecified atom stereocenters. The summed E-state index contributed by atoms with van der Waals surface area (Å²) in [5.74, 6) is -3.55. The first kappa shape index (κ1) is 13.2. The number of alkyl halides is 3. The van der Waals surface area contributed by atoms with E-state index in [1.807, 2.05) is 0 Å². The summed E-state index contributed by atoms with van der Waals surface area (Å²) in [6, 6.07) is 0.577. The summed E-state index contributed by atoms with van der Waals surface area (Å²) in [4.78, 5) is 14.1. The maximum atomic E-state index is 12.9. The first-order chi connectivity index (χ1) is 7.83. The molecular weight excluding hydrogens is 246 g/mol. The Hall–Kier alpha value is -1.86. The number of aromatic nitrogens is 1. The molecule has 0 atom stereocenters. The third kappa shape index (κ3) is 3.89. The Balaban J connectivity index is 2.98. The molecule has 0 aliphatic rings. The number of hydrogen-bond donors (Lipinski definition) is 0. The summed E-state index contributed by atoms with van der Waals surface area (Å²) in [5, 5.41) is 0. The highest BCUT2D eigenvalue weighted by Gasteiger charge is 2.33. The Kier molecular flexibility index (Phi) is 3.87. The van der Waals surface area contributed by atoms with E-state index < -0.39 is 24.0 Å². The van der Waals surface area contributed by atoms with Gasteiger partial charge in [-0.15, -0.1) is 13.2 Å². The van der Waals surface area contributed by atoms with Crippen LogP contribution >= 0.6 is 0 Å². The van der Waals surface area contributed by atoms with Crippen LogP contribution in [0.25, 0.3) is 0 Å². The molecule has 0 amide bonds. The van der Waals surface area contributed by atoms with E-state index in [-0.39, 0.29) is 12.2 Å². The lowest BCUT2D eigenvalue weighted by Crippen LogP contribution is -2.19. The van der Waals surface area contributed by atoms with Gasteiger partial charge in [0.2, 0.25) is 0 Å². The summed E-state index contributed by atoms with van der Waals surface area (Å²) in [6.07, 6.45) is -4.30. The number of nitrogens with zero attached hydrogens (tertiary/aromatic N) is 1. The van der Waals surface area contributed by atoms with Gasteiger partial charge in [-0.2, -0.15) is 4.39 Å². The molecule has 0 fully saturated rings. The molecule has 0 aromatic carbocycles. The third-order valence-electron chi connectivity index (χ3n) is 1.54. The highest BCUT2D eigenvalue weighted by atomic mass is 19.4. The SMILES string of the molecule is CCOC(=O)c1cnc(F)c(OC(F)(F)F)c1. The minimum Gasteiger partial charge on any atom is -0.462 e. The Morgan fingerprint density at radius 3 is 2.65 bits per heavy atom. The Bertz CT molecular complexity index is 419. The van der Waals surface area contributed by atoms with E-state index in [9.17, 15) is 22.4 Å². The quantitative estimate of drug-likeness (QED) is 0.471. The number of rotatable bonds is 3. The van der Waals surface area contributed by atoms with Crippen LogP contribution in [0.5, 0.6) is 5.75 Å². The van der Waals surface area contributed by atoms with Crippen LogP contribution in [0.4, 0.5) is 17.6 Å². The van der Waals surface area contributed by atoms with Crippen LogP contribution in [0, 0.1) is 5.95 Å². The second-order valence-electron chi connectivity index (χ2n) is 2.78. The number of hydrogen-bond acceptors (Lipinski definition) is 4. The lowest BCUT2D eigenvalue weighted by molar-refractivity contribution is -0.275. The van der Waals surface area contributed by atoms with Crippen molar-refractivity contribution in [2.24, 2.45) is 0 Å². The minimum atomic E-state index is -5.06. The maximum absolute atomic E-state index is 12.9. The fourth-order valence-electron chi connectivity index (χ4n) is 0.950. The zero-order valence-electron chi connectivity index (χ0n) is 8.55. The molecule has 0 bridgehead atoms. The predicted octanol–water partition coefficient (Wildman–Crippen LogP) is 2.30. The Morgan fingerprint density at radius 2 is 2.12 bits per heavy atom. The molecule has 0 saturated heterocycles. The lowest BCUT2D eigenvalue weighted by atomic mass is 10.3. The van der Waals surface area contributed by atoms with Gasteiger partial charge in [0.05, 0.1) is 12.2 Å². The van der Waals surface area contributed by atoms with Gasteiger partial charge in [0, 0.05) is 12.3 Å². The van der Waals surface area contributed by atoms with Crippen molar-refractivity contribution in [2.75, 3.05) is 6.61 Å². The molecule has 8 heteroatoms. The summed E-state index contributed by atoms with van der Waals surface area (Å²) in [6.45, 7) is 1.55. The van der Waals surface area contributed by atoms with Crippen molar-refractivity contribution >= 4 is 5.97 Å². The first-order valence-corrected chi connectivity index (χ1v) is 4.42. The first-order valence-electron chi connectivity index (χ1n) is 4.42. The molecule has 0 saturated carbocycles. The smallest absolute Gasteiger partial charge is 0.462 e. The van der Waals surface area contributed by atoms with E-state index in [2.05, 4.69) is 14.5 Å². The number of carbonyl (C=O) groups is 1. The van der Waals surface area contributed by atoms with Crippen molar-refractivity contribution in [3.63, 3.8) is 0 Å². The highest BCUT2D eigenvalue weighted by Crippen LogP contribution is 2.25. The van der Waals surface area contributed by atoms with Gasteiger partial charge in [-0.3, -0.25) is 0 Å². The summed E-state index contributed by atoms with van der Waals surface area (Å²) in [7, 11) is 0. The van der Waals surface area contributed by atoms with Gasteiger partial charge < -0.3 is 9.47 Å². The van der Waals surface area contributed by atoms with Crippen molar-refractivity contribution in [1.82, 2.24) is 4.98 Å². The topological polar surface area (TPSA) is 48.4 Å². The Morgan fingerprint density at radius 1 is 1.47 bits per heavy atom. The fraction of sp³-hybridized carbons (Fsp3) is 0.333. The van der Waals surface area contributed by atoms with Crippen LogP contribution < -0.4 is 4.74 Å². The monoisotopic (exact) mass is 253 g/mol. The number of esters is 1. The van der Waals surface area contributed by atoms with E-state index in [1.165, 1.54) is 6.92 Å². The van der Waals surface area contributed by atoms with Crippen molar-refractivity contribution in [1.29, 1.82) is 0 Å². The third-order valence-corrected chi connectivity index (χ3v) is 1.54. The molecule has 1 aromatic rings. The van der Waals surface area contributed by atoms with Gasteiger partial charge in [0.25, 0.3) is 5.95 Å². The van der Waals surface area contributed by atoms with Crippen LogP contribution in [-0.4, -0.2) is 23.9 Å².